The maximum Gasteiger partial charge on any atom is -0.00488 e. The van der Waals surface area contributed by atoms with E-state index >= 15 is 0 Å². The largest absolute Gasteiger partial charge is 0.330 e. The molecule has 17 heavy (non-hydrogen) atoms. The van der Waals surface area contributed by atoms with Gasteiger partial charge in [-0.3, -0.25) is 0 Å². The molecule has 0 aromatic rings. The number of hydrogen-bond donors (Lipinski definition) is 2. The van der Waals surface area contributed by atoms with Gasteiger partial charge in [0.2, 0.25) is 0 Å². The SMILES string of the molecule is CCCCCCCCNCCCC(C)CCN. The molecule has 0 aliphatic heterocycles. The second-order valence-electron chi connectivity index (χ2n) is 5.34. The van der Waals surface area contributed by atoms with Gasteiger partial charge in [-0.25, -0.2) is 0 Å². The molecule has 0 radical (unpaired) electrons. The molecule has 0 heterocycles. The summed E-state index contributed by atoms with van der Waals surface area (Å²) in [7, 11) is 0. The Balaban J connectivity index is 2.98. The van der Waals surface area contributed by atoms with Crippen LogP contribution in [0.3, 0.4) is 0 Å². The molecule has 0 amide bonds. The molecule has 0 aromatic heterocycles. The summed E-state index contributed by atoms with van der Waals surface area (Å²) in [6.07, 6.45) is 12.1. The second kappa shape index (κ2) is 14.0. The smallest absolute Gasteiger partial charge is 0.00488 e. The van der Waals surface area contributed by atoms with Crippen LogP contribution in [0, 0.1) is 5.92 Å². The van der Waals surface area contributed by atoms with Gasteiger partial charge in [-0.1, -0.05) is 46.0 Å². The lowest BCUT2D eigenvalue weighted by atomic mass is 10.0. The van der Waals surface area contributed by atoms with E-state index in [1.165, 1.54) is 70.9 Å². The van der Waals surface area contributed by atoms with Crippen LogP contribution in [0.25, 0.3) is 0 Å². The van der Waals surface area contributed by atoms with Crippen LogP contribution in [-0.2, 0) is 0 Å². The maximum atomic E-state index is 5.53. The molecule has 0 bridgehead atoms. The maximum absolute atomic E-state index is 5.53. The van der Waals surface area contributed by atoms with E-state index in [4.69, 9.17) is 5.73 Å². The third-order valence-electron chi connectivity index (χ3n) is 3.42. The van der Waals surface area contributed by atoms with Gasteiger partial charge in [0.15, 0.2) is 0 Å². The van der Waals surface area contributed by atoms with E-state index in [2.05, 4.69) is 19.2 Å². The Morgan fingerprint density at radius 2 is 1.53 bits per heavy atom. The highest BCUT2D eigenvalue weighted by atomic mass is 14.8. The third-order valence-corrected chi connectivity index (χ3v) is 3.42. The zero-order valence-corrected chi connectivity index (χ0v) is 12.1. The van der Waals surface area contributed by atoms with Gasteiger partial charge in [-0.05, 0) is 51.2 Å². The fraction of sp³-hybridized carbons (Fsp3) is 1.00. The first-order valence-corrected chi connectivity index (χ1v) is 7.72. The van der Waals surface area contributed by atoms with Crippen LogP contribution in [0.4, 0.5) is 0 Å². The fourth-order valence-electron chi connectivity index (χ4n) is 2.16. The summed E-state index contributed by atoms with van der Waals surface area (Å²) in [6, 6.07) is 0. The van der Waals surface area contributed by atoms with Crippen LogP contribution in [0.2, 0.25) is 0 Å². The lowest BCUT2D eigenvalue weighted by molar-refractivity contribution is 0.465. The molecule has 2 heteroatoms. The van der Waals surface area contributed by atoms with Crippen LogP contribution < -0.4 is 11.1 Å². The average Bonchev–Trinajstić information content (AvgIpc) is 2.32. The molecule has 0 saturated carbocycles. The van der Waals surface area contributed by atoms with Crippen molar-refractivity contribution >= 4 is 0 Å². The van der Waals surface area contributed by atoms with Gasteiger partial charge >= 0.3 is 0 Å². The molecule has 0 aliphatic carbocycles. The molecular weight excluding hydrogens is 208 g/mol. The number of rotatable bonds is 13. The molecule has 1 unspecified atom stereocenters. The first-order chi connectivity index (χ1) is 8.31. The van der Waals surface area contributed by atoms with Crippen molar-refractivity contribution in [3.05, 3.63) is 0 Å². The van der Waals surface area contributed by atoms with Crippen molar-refractivity contribution in [3.8, 4) is 0 Å². The number of unbranched alkanes of at least 4 members (excludes halogenated alkanes) is 5. The summed E-state index contributed by atoms with van der Waals surface area (Å²) < 4.78 is 0. The van der Waals surface area contributed by atoms with Crippen molar-refractivity contribution in [1.29, 1.82) is 0 Å². The molecule has 1 atom stereocenters. The lowest BCUT2D eigenvalue weighted by Gasteiger charge is -2.10. The van der Waals surface area contributed by atoms with E-state index in [0.717, 1.165) is 12.5 Å². The van der Waals surface area contributed by atoms with Crippen LogP contribution in [0.1, 0.15) is 71.6 Å². The van der Waals surface area contributed by atoms with Crippen LogP contribution in [0.5, 0.6) is 0 Å². The summed E-state index contributed by atoms with van der Waals surface area (Å²) in [5.74, 6) is 0.802. The van der Waals surface area contributed by atoms with E-state index in [1.807, 2.05) is 0 Å². The predicted octanol–water partition coefficient (Wildman–Crippen LogP) is 3.70. The Morgan fingerprint density at radius 3 is 2.24 bits per heavy atom. The Morgan fingerprint density at radius 1 is 0.882 bits per heavy atom. The summed E-state index contributed by atoms with van der Waals surface area (Å²) in [6.45, 7) is 7.81. The van der Waals surface area contributed by atoms with Gasteiger partial charge in [0, 0.05) is 0 Å². The lowest BCUT2D eigenvalue weighted by Crippen LogP contribution is -2.17. The van der Waals surface area contributed by atoms with Gasteiger partial charge in [0.1, 0.15) is 0 Å². The molecule has 0 fully saturated rings. The summed E-state index contributed by atoms with van der Waals surface area (Å²) in [4.78, 5) is 0. The highest BCUT2D eigenvalue weighted by molar-refractivity contribution is 4.56. The topological polar surface area (TPSA) is 38.0 Å². The van der Waals surface area contributed by atoms with E-state index in [0.29, 0.717) is 0 Å². The minimum atomic E-state index is 0.802. The summed E-state index contributed by atoms with van der Waals surface area (Å²) in [5, 5.41) is 3.54. The van der Waals surface area contributed by atoms with E-state index in [9.17, 15) is 0 Å². The van der Waals surface area contributed by atoms with Crippen molar-refractivity contribution in [3.63, 3.8) is 0 Å². The number of nitrogens with one attached hydrogen (secondary N) is 1. The highest BCUT2D eigenvalue weighted by Crippen LogP contribution is 2.08. The molecule has 0 aromatic carbocycles. The van der Waals surface area contributed by atoms with Gasteiger partial charge in [0.25, 0.3) is 0 Å². The first kappa shape index (κ1) is 16.9. The molecule has 3 N–H and O–H groups in total. The normalized spacial score (nSPS) is 12.9. The van der Waals surface area contributed by atoms with Crippen molar-refractivity contribution in [2.75, 3.05) is 19.6 Å². The van der Waals surface area contributed by atoms with Crippen molar-refractivity contribution in [2.24, 2.45) is 11.7 Å². The van der Waals surface area contributed by atoms with Crippen LogP contribution in [0.15, 0.2) is 0 Å². The molecule has 0 aliphatic rings. The first-order valence-electron chi connectivity index (χ1n) is 7.72. The van der Waals surface area contributed by atoms with Crippen LogP contribution >= 0.6 is 0 Å². The number of nitrogens with two attached hydrogens (primary N) is 1. The Labute approximate surface area is 109 Å². The summed E-state index contributed by atoms with van der Waals surface area (Å²) >= 11 is 0. The third kappa shape index (κ3) is 13.9. The Kier molecular flexibility index (Phi) is 13.9. The average molecular weight is 242 g/mol. The minimum absolute atomic E-state index is 0.802. The van der Waals surface area contributed by atoms with E-state index in [1.54, 1.807) is 0 Å². The van der Waals surface area contributed by atoms with Crippen LogP contribution in [-0.4, -0.2) is 19.6 Å². The van der Waals surface area contributed by atoms with Crippen molar-refractivity contribution in [2.45, 2.75) is 71.6 Å². The zero-order chi connectivity index (χ0) is 12.8. The fourth-order valence-corrected chi connectivity index (χ4v) is 2.16. The zero-order valence-electron chi connectivity index (χ0n) is 12.1. The van der Waals surface area contributed by atoms with Crippen molar-refractivity contribution in [1.82, 2.24) is 5.32 Å². The van der Waals surface area contributed by atoms with Gasteiger partial charge < -0.3 is 11.1 Å². The standard InChI is InChI=1S/C15H34N2/c1-3-4-5-6-7-8-13-17-14-9-10-15(2)11-12-16/h15,17H,3-14,16H2,1-2H3. The monoisotopic (exact) mass is 242 g/mol. The predicted molar refractivity (Wildman–Crippen MR) is 78.3 cm³/mol. The summed E-state index contributed by atoms with van der Waals surface area (Å²) in [5.41, 5.74) is 5.53. The molecule has 2 nitrogen and oxygen atoms in total. The highest BCUT2D eigenvalue weighted by Gasteiger charge is 1.99. The van der Waals surface area contributed by atoms with Crippen molar-refractivity contribution < 1.29 is 0 Å². The second-order valence-corrected chi connectivity index (χ2v) is 5.34. The van der Waals surface area contributed by atoms with Gasteiger partial charge in [0.05, 0.1) is 0 Å². The molecule has 0 spiro atoms. The molecule has 0 saturated heterocycles. The van der Waals surface area contributed by atoms with E-state index < -0.39 is 0 Å². The Bertz CT molecular complexity index is 137. The molecular formula is C15H34N2. The molecule has 104 valence electrons. The van der Waals surface area contributed by atoms with E-state index in [-0.39, 0.29) is 0 Å². The molecule has 0 rings (SSSR count). The van der Waals surface area contributed by atoms with Gasteiger partial charge in [-0.15, -0.1) is 0 Å². The quantitative estimate of drug-likeness (QED) is 0.483. The van der Waals surface area contributed by atoms with Gasteiger partial charge in [-0.2, -0.15) is 0 Å². The Hall–Kier alpha value is -0.0800. The minimum Gasteiger partial charge on any atom is -0.330 e. The number of hydrogen-bond acceptors (Lipinski definition) is 2.